The lowest BCUT2D eigenvalue weighted by Crippen LogP contribution is -2.31. The number of thiophene rings is 1. The Balaban J connectivity index is 1.37. The van der Waals surface area contributed by atoms with Crippen molar-refractivity contribution in [1.82, 2.24) is 35.4 Å². The number of nitrogens with zero attached hydrogens (tertiary/aromatic N) is 5. The molecule has 4 rings (SSSR count). The highest BCUT2D eigenvalue weighted by Gasteiger charge is 2.15. The van der Waals surface area contributed by atoms with Crippen molar-refractivity contribution in [3.8, 4) is 22.3 Å². The Labute approximate surface area is 155 Å². The molecule has 0 spiro atoms. The molecule has 136 valence electrons. The van der Waals surface area contributed by atoms with Gasteiger partial charge in [-0.3, -0.25) is 9.59 Å². The molecule has 2 N–H and O–H groups in total. The van der Waals surface area contributed by atoms with E-state index in [0.29, 0.717) is 18.1 Å². The lowest BCUT2D eigenvalue weighted by Gasteiger charge is -2.04. The van der Waals surface area contributed by atoms with Crippen LogP contribution in [-0.4, -0.2) is 42.6 Å². The van der Waals surface area contributed by atoms with Crippen LogP contribution in [0.1, 0.15) is 10.4 Å². The van der Waals surface area contributed by atoms with Gasteiger partial charge in [0, 0.05) is 12.7 Å². The summed E-state index contributed by atoms with van der Waals surface area (Å²) in [7, 11) is 0. The normalized spacial score (nSPS) is 10.8. The van der Waals surface area contributed by atoms with Gasteiger partial charge in [0.15, 0.2) is 5.69 Å². The van der Waals surface area contributed by atoms with Gasteiger partial charge in [0.1, 0.15) is 5.56 Å². The van der Waals surface area contributed by atoms with Crippen LogP contribution in [0, 0.1) is 0 Å². The number of nitrogens with one attached hydrogen (secondary N) is 2. The third-order valence-electron chi connectivity index (χ3n) is 3.61. The Morgan fingerprint density at radius 1 is 1.33 bits per heavy atom. The number of amides is 1. The first kappa shape index (κ1) is 16.8. The SMILES string of the molecule is O=C(NCCn1cc(-c2nc(-c3cccs3)no2)nn1)c1ccc[nH]c1=O. The van der Waals surface area contributed by atoms with Gasteiger partial charge in [0.05, 0.1) is 17.6 Å². The van der Waals surface area contributed by atoms with E-state index >= 15 is 0 Å². The minimum Gasteiger partial charge on any atom is -0.350 e. The summed E-state index contributed by atoms with van der Waals surface area (Å²) in [6.07, 6.45) is 3.12. The monoisotopic (exact) mass is 383 g/mol. The second-order valence-corrected chi connectivity index (χ2v) is 6.38. The van der Waals surface area contributed by atoms with E-state index < -0.39 is 11.5 Å². The number of hydrogen-bond donors (Lipinski definition) is 2. The van der Waals surface area contributed by atoms with Crippen molar-refractivity contribution in [3.63, 3.8) is 0 Å². The molecule has 0 saturated heterocycles. The first-order valence-corrected chi connectivity index (χ1v) is 8.82. The summed E-state index contributed by atoms with van der Waals surface area (Å²) in [5, 5.41) is 16.5. The van der Waals surface area contributed by atoms with Crippen molar-refractivity contribution < 1.29 is 9.32 Å². The fraction of sp³-hybridized carbons (Fsp3) is 0.125. The molecule has 0 aromatic carbocycles. The van der Waals surface area contributed by atoms with E-state index in [9.17, 15) is 9.59 Å². The second kappa shape index (κ2) is 7.33. The Morgan fingerprint density at radius 3 is 3.07 bits per heavy atom. The van der Waals surface area contributed by atoms with Crippen LogP contribution < -0.4 is 10.9 Å². The number of aromatic nitrogens is 6. The van der Waals surface area contributed by atoms with Crippen LogP contribution in [0.2, 0.25) is 0 Å². The van der Waals surface area contributed by atoms with Crippen molar-refractivity contribution in [3.05, 3.63) is 58.0 Å². The quantitative estimate of drug-likeness (QED) is 0.511. The molecule has 0 atom stereocenters. The summed E-state index contributed by atoms with van der Waals surface area (Å²) in [5.41, 5.74) is 0.0656. The van der Waals surface area contributed by atoms with Gasteiger partial charge < -0.3 is 14.8 Å². The minimum atomic E-state index is -0.449. The van der Waals surface area contributed by atoms with Gasteiger partial charge in [0.25, 0.3) is 17.4 Å². The van der Waals surface area contributed by atoms with Gasteiger partial charge >= 0.3 is 0 Å². The van der Waals surface area contributed by atoms with Crippen LogP contribution in [0.3, 0.4) is 0 Å². The first-order chi connectivity index (χ1) is 13.2. The maximum atomic E-state index is 12.0. The predicted molar refractivity (Wildman–Crippen MR) is 96.0 cm³/mol. The molecule has 4 aromatic rings. The Hall–Kier alpha value is -3.60. The van der Waals surface area contributed by atoms with Crippen LogP contribution in [0.15, 0.2) is 51.4 Å². The zero-order chi connectivity index (χ0) is 18.6. The van der Waals surface area contributed by atoms with E-state index in [2.05, 4.69) is 30.8 Å². The van der Waals surface area contributed by atoms with Gasteiger partial charge in [-0.15, -0.1) is 16.4 Å². The highest BCUT2D eigenvalue weighted by atomic mass is 32.1. The molecule has 11 heteroatoms. The number of carbonyl (C=O) groups excluding carboxylic acids is 1. The van der Waals surface area contributed by atoms with Crippen molar-refractivity contribution >= 4 is 17.2 Å². The van der Waals surface area contributed by atoms with E-state index in [4.69, 9.17) is 4.52 Å². The second-order valence-electron chi connectivity index (χ2n) is 5.44. The number of pyridine rings is 1. The Kier molecular flexibility index (Phi) is 4.58. The number of hydrogen-bond acceptors (Lipinski definition) is 8. The van der Waals surface area contributed by atoms with Crippen molar-refractivity contribution in [2.45, 2.75) is 6.54 Å². The number of carbonyl (C=O) groups is 1. The largest absolute Gasteiger partial charge is 0.350 e. The third-order valence-corrected chi connectivity index (χ3v) is 4.48. The number of H-pyrrole nitrogens is 1. The first-order valence-electron chi connectivity index (χ1n) is 7.95. The van der Waals surface area contributed by atoms with Crippen LogP contribution in [0.4, 0.5) is 0 Å². The topological polar surface area (TPSA) is 132 Å². The summed E-state index contributed by atoms with van der Waals surface area (Å²) in [6.45, 7) is 0.648. The highest BCUT2D eigenvalue weighted by molar-refractivity contribution is 7.13. The fourth-order valence-corrected chi connectivity index (χ4v) is 2.97. The summed E-state index contributed by atoms with van der Waals surface area (Å²) < 4.78 is 6.76. The molecular formula is C16H13N7O3S. The van der Waals surface area contributed by atoms with Gasteiger partial charge in [-0.25, -0.2) is 4.68 Å². The zero-order valence-electron chi connectivity index (χ0n) is 13.8. The van der Waals surface area contributed by atoms with Gasteiger partial charge in [-0.05, 0) is 23.6 Å². The van der Waals surface area contributed by atoms with Crippen LogP contribution in [0.25, 0.3) is 22.3 Å². The Morgan fingerprint density at radius 2 is 2.26 bits per heavy atom. The fourth-order valence-electron chi connectivity index (χ4n) is 2.32. The van der Waals surface area contributed by atoms with E-state index in [1.807, 2.05) is 17.5 Å². The lowest BCUT2D eigenvalue weighted by molar-refractivity contribution is 0.0950. The molecule has 0 bridgehead atoms. The van der Waals surface area contributed by atoms with Crippen LogP contribution >= 0.6 is 11.3 Å². The standard InChI is InChI=1S/C16H13N7O3S/c24-14-10(3-1-5-17-14)15(25)18-6-7-23-9-11(20-22-23)16-19-13(21-26-16)12-4-2-8-27-12/h1-5,8-9H,6-7H2,(H,17,24)(H,18,25). The maximum absolute atomic E-state index is 12.0. The molecule has 0 saturated carbocycles. The molecule has 0 radical (unpaired) electrons. The van der Waals surface area contributed by atoms with Crippen molar-refractivity contribution in [2.24, 2.45) is 0 Å². The Bertz CT molecular complexity index is 1110. The molecule has 0 aliphatic carbocycles. The molecule has 0 fully saturated rings. The predicted octanol–water partition coefficient (Wildman–Crippen LogP) is 1.17. The molecule has 4 heterocycles. The summed E-state index contributed by atoms with van der Waals surface area (Å²) >= 11 is 1.51. The van der Waals surface area contributed by atoms with Gasteiger partial charge in [0.2, 0.25) is 5.82 Å². The summed E-state index contributed by atoms with van der Waals surface area (Å²) in [5.74, 6) is 0.314. The molecule has 0 unspecified atom stereocenters. The molecule has 0 aliphatic rings. The van der Waals surface area contributed by atoms with E-state index in [1.165, 1.54) is 23.6 Å². The van der Waals surface area contributed by atoms with Crippen molar-refractivity contribution in [1.29, 1.82) is 0 Å². The summed E-state index contributed by atoms with van der Waals surface area (Å²) in [4.78, 5) is 31.2. The summed E-state index contributed by atoms with van der Waals surface area (Å²) in [6, 6.07) is 6.86. The third kappa shape index (κ3) is 3.67. The number of rotatable bonds is 6. The average molecular weight is 383 g/mol. The van der Waals surface area contributed by atoms with E-state index in [1.54, 1.807) is 16.9 Å². The van der Waals surface area contributed by atoms with Crippen LogP contribution in [0.5, 0.6) is 0 Å². The highest BCUT2D eigenvalue weighted by Crippen LogP contribution is 2.24. The average Bonchev–Trinajstić information content (AvgIpc) is 3.42. The lowest BCUT2D eigenvalue weighted by atomic mass is 10.2. The van der Waals surface area contributed by atoms with E-state index in [0.717, 1.165) is 4.88 Å². The molecule has 10 nitrogen and oxygen atoms in total. The number of aromatic amines is 1. The maximum Gasteiger partial charge on any atom is 0.280 e. The minimum absolute atomic E-state index is 0.0590. The van der Waals surface area contributed by atoms with Crippen LogP contribution in [-0.2, 0) is 6.54 Å². The van der Waals surface area contributed by atoms with Gasteiger partial charge in [-0.1, -0.05) is 16.4 Å². The zero-order valence-corrected chi connectivity index (χ0v) is 14.6. The van der Waals surface area contributed by atoms with Crippen molar-refractivity contribution in [2.75, 3.05) is 6.54 Å². The molecular weight excluding hydrogens is 370 g/mol. The van der Waals surface area contributed by atoms with E-state index in [-0.39, 0.29) is 18.0 Å². The van der Waals surface area contributed by atoms with Gasteiger partial charge in [-0.2, -0.15) is 4.98 Å². The molecule has 27 heavy (non-hydrogen) atoms. The smallest absolute Gasteiger partial charge is 0.280 e. The molecule has 0 aliphatic heterocycles. The molecule has 4 aromatic heterocycles. The molecule has 1 amide bonds.